The summed E-state index contributed by atoms with van der Waals surface area (Å²) in [5.74, 6) is -0.391. The van der Waals surface area contributed by atoms with Gasteiger partial charge in [-0.3, -0.25) is 10.1 Å². The number of carbonyl (C=O) groups excluding carboxylic acids is 2. The van der Waals surface area contributed by atoms with E-state index in [1.165, 1.54) is 0 Å². The van der Waals surface area contributed by atoms with Crippen molar-refractivity contribution in [2.75, 3.05) is 5.75 Å². The van der Waals surface area contributed by atoms with Gasteiger partial charge < -0.3 is 10.3 Å². The van der Waals surface area contributed by atoms with Gasteiger partial charge in [0.25, 0.3) is 0 Å². The number of urea groups is 1. The fourth-order valence-electron chi connectivity index (χ4n) is 2.16. The van der Waals surface area contributed by atoms with E-state index in [4.69, 9.17) is 0 Å². The molecule has 0 aliphatic carbocycles. The third-order valence-electron chi connectivity index (χ3n) is 3.11. The van der Waals surface area contributed by atoms with Crippen LogP contribution in [0.5, 0.6) is 0 Å². The molecule has 0 spiro atoms. The van der Waals surface area contributed by atoms with Crippen LogP contribution < -0.4 is 10.6 Å². The summed E-state index contributed by atoms with van der Waals surface area (Å²) in [6.07, 6.45) is 0. The Morgan fingerprint density at radius 2 is 2.04 bits per heavy atom. The number of aromatic nitrogens is 4. The number of hydrogen-bond donors (Lipinski definition) is 3. The molecule has 3 rings (SSSR count). The summed E-state index contributed by atoms with van der Waals surface area (Å²) in [7, 11) is 0. The molecule has 9 heteroatoms. The Balaban J connectivity index is 1.66. The Morgan fingerprint density at radius 3 is 2.83 bits per heavy atom. The fourth-order valence-corrected chi connectivity index (χ4v) is 2.74. The largest absolute Gasteiger partial charge is 0.338 e. The van der Waals surface area contributed by atoms with Crippen LogP contribution >= 0.6 is 11.8 Å². The Labute approximate surface area is 141 Å². The van der Waals surface area contributed by atoms with E-state index in [0.717, 1.165) is 22.7 Å². The quantitative estimate of drug-likeness (QED) is 0.623. The van der Waals surface area contributed by atoms with E-state index in [1.807, 2.05) is 38.1 Å². The topological polar surface area (TPSA) is 113 Å². The van der Waals surface area contributed by atoms with Crippen LogP contribution in [0.25, 0.3) is 22.1 Å². The van der Waals surface area contributed by atoms with Gasteiger partial charge in [0.1, 0.15) is 5.52 Å². The van der Waals surface area contributed by atoms with E-state index in [2.05, 4.69) is 30.8 Å². The number of rotatable bonds is 4. The maximum atomic E-state index is 11.7. The van der Waals surface area contributed by atoms with Gasteiger partial charge in [-0.25, -0.2) is 9.78 Å². The molecular weight excluding hydrogens is 328 g/mol. The van der Waals surface area contributed by atoms with E-state index in [0.29, 0.717) is 16.3 Å². The lowest BCUT2D eigenvalue weighted by Gasteiger charge is -2.08. The lowest BCUT2D eigenvalue weighted by Crippen LogP contribution is -2.43. The van der Waals surface area contributed by atoms with E-state index in [-0.39, 0.29) is 11.8 Å². The van der Waals surface area contributed by atoms with Crippen molar-refractivity contribution in [1.82, 2.24) is 30.8 Å². The third kappa shape index (κ3) is 3.62. The molecule has 0 saturated carbocycles. The van der Waals surface area contributed by atoms with Crippen LogP contribution in [0.1, 0.15) is 13.8 Å². The van der Waals surface area contributed by atoms with Crippen molar-refractivity contribution in [3.8, 4) is 0 Å². The van der Waals surface area contributed by atoms with Crippen molar-refractivity contribution in [2.45, 2.75) is 25.0 Å². The number of amides is 3. The number of carbonyl (C=O) groups is 2. The maximum Gasteiger partial charge on any atom is 0.321 e. The summed E-state index contributed by atoms with van der Waals surface area (Å²) >= 11 is 1.12. The van der Waals surface area contributed by atoms with E-state index in [9.17, 15) is 9.59 Å². The second-order valence-electron chi connectivity index (χ2n) is 5.43. The molecule has 3 amide bonds. The zero-order chi connectivity index (χ0) is 17.1. The first kappa shape index (κ1) is 16.2. The van der Waals surface area contributed by atoms with Gasteiger partial charge in [0.15, 0.2) is 5.65 Å². The second kappa shape index (κ2) is 6.83. The number of nitrogens with one attached hydrogen (secondary N) is 3. The van der Waals surface area contributed by atoms with Crippen LogP contribution in [0.15, 0.2) is 29.4 Å². The average Bonchev–Trinajstić information content (AvgIpc) is 2.89. The zero-order valence-electron chi connectivity index (χ0n) is 13.2. The predicted molar refractivity (Wildman–Crippen MR) is 91.7 cm³/mol. The highest BCUT2D eigenvalue weighted by molar-refractivity contribution is 7.99. The lowest BCUT2D eigenvalue weighted by atomic mass is 10.2. The van der Waals surface area contributed by atoms with Crippen molar-refractivity contribution < 1.29 is 9.59 Å². The highest BCUT2D eigenvalue weighted by Gasteiger charge is 2.12. The van der Waals surface area contributed by atoms with Gasteiger partial charge in [-0.1, -0.05) is 30.0 Å². The number of benzene rings is 1. The summed E-state index contributed by atoms with van der Waals surface area (Å²) in [5, 5.41) is 14.4. The Morgan fingerprint density at radius 1 is 1.25 bits per heavy atom. The molecule has 3 N–H and O–H groups in total. The molecule has 0 unspecified atom stereocenters. The average molecular weight is 344 g/mol. The molecular formula is C15H16N6O2S. The number of H-pyrrole nitrogens is 1. The zero-order valence-corrected chi connectivity index (χ0v) is 14.0. The van der Waals surface area contributed by atoms with Gasteiger partial charge in [0.05, 0.1) is 5.75 Å². The van der Waals surface area contributed by atoms with Crippen molar-refractivity contribution in [1.29, 1.82) is 0 Å². The number of thioether (sulfide) groups is 1. The second-order valence-corrected chi connectivity index (χ2v) is 6.37. The summed E-state index contributed by atoms with van der Waals surface area (Å²) < 4.78 is 0. The van der Waals surface area contributed by atoms with Crippen molar-refractivity contribution in [3.05, 3.63) is 24.3 Å². The standard InChI is InChI=1S/C15H16N6O2S/c1-8(2)16-14(23)18-11(22)7-24-15-19-13-12(20-21-15)9-5-3-4-6-10(9)17-13/h3-6,8H,7H2,1-2H3,(H,17,19,21)(H2,16,18,22,23). The first-order valence-electron chi connectivity index (χ1n) is 7.37. The van der Waals surface area contributed by atoms with E-state index in [1.54, 1.807) is 0 Å². The first-order valence-corrected chi connectivity index (χ1v) is 8.36. The number of para-hydroxylation sites is 1. The summed E-state index contributed by atoms with van der Waals surface area (Å²) in [4.78, 5) is 30.7. The number of aromatic amines is 1. The van der Waals surface area contributed by atoms with E-state index >= 15 is 0 Å². The molecule has 0 aliphatic rings. The monoisotopic (exact) mass is 344 g/mol. The Hall–Kier alpha value is -2.68. The van der Waals surface area contributed by atoms with Crippen LogP contribution in [-0.2, 0) is 4.79 Å². The van der Waals surface area contributed by atoms with Gasteiger partial charge >= 0.3 is 6.03 Å². The molecule has 24 heavy (non-hydrogen) atoms. The number of fused-ring (bicyclic) bond motifs is 3. The fraction of sp³-hybridized carbons (Fsp3) is 0.267. The molecule has 1 aromatic carbocycles. The maximum absolute atomic E-state index is 11.7. The Bertz CT molecular complexity index is 907. The molecule has 124 valence electrons. The number of nitrogens with zero attached hydrogens (tertiary/aromatic N) is 3. The molecule has 0 fully saturated rings. The van der Waals surface area contributed by atoms with Crippen molar-refractivity contribution >= 4 is 45.8 Å². The SMILES string of the molecule is CC(C)NC(=O)NC(=O)CSc1nnc2c(n1)[nH]c1ccccc12. The van der Waals surface area contributed by atoms with Gasteiger partial charge in [-0.15, -0.1) is 10.2 Å². The van der Waals surface area contributed by atoms with Gasteiger partial charge in [-0.2, -0.15) is 0 Å². The number of hydrogen-bond acceptors (Lipinski definition) is 6. The van der Waals surface area contributed by atoms with Crippen LogP contribution in [-0.4, -0.2) is 43.9 Å². The van der Waals surface area contributed by atoms with Gasteiger partial charge in [0, 0.05) is 16.9 Å². The smallest absolute Gasteiger partial charge is 0.321 e. The molecule has 0 bridgehead atoms. The highest BCUT2D eigenvalue weighted by atomic mass is 32.2. The minimum Gasteiger partial charge on any atom is -0.338 e. The lowest BCUT2D eigenvalue weighted by molar-refractivity contribution is -0.117. The molecule has 2 heterocycles. The molecule has 0 atom stereocenters. The summed E-state index contributed by atoms with van der Waals surface area (Å²) in [5.41, 5.74) is 2.24. The van der Waals surface area contributed by atoms with Gasteiger partial charge in [-0.05, 0) is 19.9 Å². The molecule has 0 aliphatic heterocycles. The molecule has 3 aromatic rings. The molecule has 0 saturated heterocycles. The molecule has 2 aromatic heterocycles. The van der Waals surface area contributed by atoms with E-state index < -0.39 is 11.9 Å². The first-order chi connectivity index (χ1) is 11.5. The number of imide groups is 1. The Kier molecular flexibility index (Phi) is 4.61. The van der Waals surface area contributed by atoms with Crippen LogP contribution in [0.4, 0.5) is 4.79 Å². The third-order valence-corrected chi connectivity index (χ3v) is 3.95. The summed E-state index contributed by atoms with van der Waals surface area (Å²) in [6, 6.07) is 7.17. The van der Waals surface area contributed by atoms with Crippen LogP contribution in [0.2, 0.25) is 0 Å². The van der Waals surface area contributed by atoms with Crippen LogP contribution in [0, 0.1) is 0 Å². The van der Waals surface area contributed by atoms with Gasteiger partial charge in [0.2, 0.25) is 11.1 Å². The molecule has 8 nitrogen and oxygen atoms in total. The predicted octanol–water partition coefficient (Wildman–Crippen LogP) is 1.83. The minimum absolute atomic E-state index is 0.0267. The van der Waals surface area contributed by atoms with Crippen molar-refractivity contribution in [2.24, 2.45) is 0 Å². The normalized spacial score (nSPS) is 11.1. The minimum atomic E-state index is -0.513. The highest BCUT2D eigenvalue weighted by Crippen LogP contribution is 2.23. The molecule has 0 radical (unpaired) electrons. The summed E-state index contributed by atoms with van der Waals surface area (Å²) in [6.45, 7) is 3.63. The van der Waals surface area contributed by atoms with Crippen LogP contribution in [0.3, 0.4) is 0 Å². The van der Waals surface area contributed by atoms with Crippen molar-refractivity contribution in [3.63, 3.8) is 0 Å².